The van der Waals surface area contributed by atoms with Gasteiger partial charge in [0.25, 0.3) is 5.91 Å². The Labute approximate surface area is 142 Å². The van der Waals surface area contributed by atoms with Crippen molar-refractivity contribution < 1.29 is 9.53 Å². The predicted molar refractivity (Wildman–Crippen MR) is 93.5 cm³/mol. The molecular weight excluding hydrogens is 332 g/mol. The molecule has 1 aromatic heterocycles. The van der Waals surface area contributed by atoms with Gasteiger partial charge in [-0.25, -0.2) is 4.98 Å². The van der Waals surface area contributed by atoms with Crippen LogP contribution in [0.15, 0.2) is 53.9 Å². The molecule has 1 N–H and O–H groups in total. The Morgan fingerprint density at radius 2 is 1.91 bits per heavy atom. The Hall–Kier alpha value is -2.37. The molecule has 0 spiro atoms. The van der Waals surface area contributed by atoms with E-state index in [-0.39, 0.29) is 5.91 Å². The molecule has 0 bridgehead atoms. The Kier molecular flexibility index (Phi) is 4.60. The molecule has 1 amide bonds. The van der Waals surface area contributed by atoms with E-state index in [1.165, 1.54) is 18.4 Å². The van der Waals surface area contributed by atoms with Gasteiger partial charge >= 0.3 is 0 Å². The number of nitrogens with zero attached hydrogens (tertiary/aromatic N) is 1. The number of thiazole rings is 1. The Bertz CT molecular complexity index is 831. The lowest BCUT2D eigenvalue weighted by Crippen LogP contribution is -2.12. The van der Waals surface area contributed by atoms with Crippen molar-refractivity contribution in [2.75, 3.05) is 12.4 Å². The smallest absolute Gasteiger partial charge is 0.261 e. The van der Waals surface area contributed by atoms with Crippen molar-refractivity contribution >= 4 is 34.0 Å². The molecule has 3 aromatic rings. The highest BCUT2D eigenvalue weighted by Crippen LogP contribution is 2.27. The quantitative estimate of drug-likeness (QED) is 0.744. The van der Waals surface area contributed by atoms with Crippen LogP contribution >= 0.6 is 22.9 Å². The molecule has 2 aromatic carbocycles. The molecule has 0 aliphatic rings. The number of ether oxygens (including phenoxy) is 1. The van der Waals surface area contributed by atoms with Gasteiger partial charge in [-0.1, -0.05) is 35.9 Å². The monoisotopic (exact) mass is 344 g/mol. The zero-order valence-electron chi connectivity index (χ0n) is 12.2. The molecule has 0 unspecified atom stereocenters. The number of benzene rings is 2. The van der Waals surface area contributed by atoms with Gasteiger partial charge < -0.3 is 4.74 Å². The Morgan fingerprint density at radius 1 is 1.17 bits per heavy atom. The number of carbonyl (C=O) groups is 1. The molecule has 0 radical (unpaired) electrons. The first-order valence-electron chi connectivity index (χ1n) is 6.83. The van der Waals surface area contributed by atoms with E-state index in [4.69, 9.17) is 16.3 Å². The van der Waals surface area contributed by atoms with Crippen molar-refractivity contribution in [1.82, 2.24) is 4.98 Å². The molecule has 23 heavy (non-hydrogen) atoms. The third kappa shape index (κ3) is 3.52. The highest BCUT2D eigenvalue weighted by Gasteiger charge is 2.13. The topological polar surface area (TPSA) is 51.2 Å². The minimum Gasteiger partial charge on any atom is -0.496 e. The predicted octanol–water partition coefficient (Wildman–Crippen LogP) is 4.72. The third-order valence-electron chi connectivity index (χ3n) is 3.22. The average Bonchev–Trinajstić information content (AvgIpc) is 3.04. The molecule has 6 heteroatoms. The molecule has 0 aliphatic heterocycles. The van der Waals surface area contributed by atoms with Gasteiger partial charge in [-0.15, -0.1) is 11.3 Å². The number of methoxy groups -OCH3 is 1. The first kappa shape index (κ1) is 15.5. The van der Waals surface area contributed by atoms with Gasteiger partial charge in [0.2, 0.25) is 0 Å². The molecular formula is C17H13ClN2O2S. The van der Waals surface area contributed by atoms with Gasteiger partial charge in [-0.05, 0) is 24.3 Å². The van der Waals surface area contributed by atoms with Crippen molar-refractivity contribution in [3.05, 3.63) is 64.5 Å². The van der Waals surface area contributed by atoms with E-state index < -0.39 is 0 Å². The lowest BCUT2D eigenvalue weighted by Gasteiger charge is -2.07. The molecule has 0 saturated carbocycles. The number of carbonyl (C=O) groups excluding carboxylic acids is 1. The zero-order valence-corrected chi connectivity index (χ0v) is 13.8. The molecule has 3 rings (SSSR count). The zero-order chi connectivity index (χ0) is 16.2. The maximum Gasteiger partial charge on any atom is 0.261 e. The van der Waals surface area contributed by atoms with Gasteiger partial charge in [0.05, 0.1) is 18.4 Å². The van der Waals surface area contributed by atoms with Crippen molar-refractivity contribution in [2.24, 2.45) is 0 Å². The normalized spacial score (nSPS) is 10.3. The van der Waals surface area contributed by atoms with E-state index in [1.807, 2.05) is 35.7 Å². The Morgan fingerprint density at radius 3 is 2.65 bits per heavy atom. The summed E-state index contributed by atoms with van der Waals surface area (Å²) in [6.45, 7) is 0. The first-order chi connectivity index (χ1) is 11.2. The van der Waals surface area contributed by atoms with E-state index >= 15 is 0 Å². The summed E-state index contributed by atoms with van der Waals surface area (Å²) in [4.78, 5) is 16.8. The van der Waals surface area contributed by atoms with Crippen molar-refractivity contribution in [1.29, 1.82) is 0 Å². The fourth-order valence-corrected chi connectivity index (χ4v) is 2.92. The largest absolute Gasteiger partial charge is 0.496 e. The minimum atomic E-state index is -0.251. The molecule has 116 valence electrons. The van der Waals surface area contributed by atoms with Gasteiger partial charge in [-0.3, -0.25) is 10.1 Å². The second kappa shape index (κ2) is 6.81. The van der Waals surface area contributed by atoms with Gasteiger partial charge in [0.15, 0.2) is 5.13 Å². The van der Waals surface area contributed by atoms with E-state index in [1.54, 1.807) is 18.2 Å². The highest BCUT2D eigenvalue weighted by atomic mass is 35.5. The third-order valence-corrected chi connectivity index (χ3v) is 4.23. The second-order valence-electron chi connectivity index (χ2n) is 4.70. The van der Waals surface area contributed by atoms with Crippen LogP contribution in [0.3, 0.4) is 0 Å². The molecule has 0 fully saturated rings. The number of para-hydroxylation sites is 1. The van der Waals surface area contributed by atoms with Crippen LogP contribution in [0.2, 0.25) is 5.02 Å². The molecule has 4 nitrogen and oxygen atoms in total. The second-order valence-corrected chi connectivity index (χ2v) is 5.99. The summed E-state index contributed by atoms with van der Waals surface area (Å²) >= 11 is 7.25. The van der Waals surface area contributed by atoms with Crippen LogP contribution in [0.25, 0.3) is 11.3 Å². The summed E-state index contributed by atoms with van der Waals surface area (Å²) in [5.74, 6) is 0.277. The SMILES string of the molecule is COc1ccccc1C(=O)Nc1nc(-c2ccc(Cl)cc2)cs1. The van der Waals surface area contributed by atoms with E-state index in [0.29, 0.717) is 21.5 Å². The summed E-state index contributed by atoms with van der Waals surface area (Å²) in [5.41, 5.74) is 2.21. The van der Waals surface area contributed by atoms with Crippen LogP contribution in [0.5, 0.6) is 5.75 Å². The number of amides is 1. The van der Waals surface area contributed by atoms with Crippen molar-refractivity contribution in [3.8, 4) is 17.0 Å². The number of anilines is 1. The van der Waals surface area contributed by atoms with Crippen LogP contribution in [-0.4, -0.2) is 18.0 Å². The maximum atomic E-state index is 12.3. The molecule has 0 saturated heterocycles. The standard InChI is InChI=1S/C17H13ClN2O2S/c1-22-15-5-3-2-4-13(15)16(21)20-17-19-14(10-23-17)11-6-8-12(18)9-7-11/h2-10H,1H3,(H,19,20,21). The number of aromatic nitrogens is 1. The fraction of sp³-hybridized carbons (Fsp3) is 0.0588. The summed E-state index contributed by atoms with van der Waals surface area (Å²) in [6.07, 6.45) is 0. The fourth-order valence-electron chi connectivity index (χ4n) is 2.08. The minimum absolute atomic E-state index is 0.251. The molecule has 0 atom stereocenters. The first-order valence-corrected chi connectivity index (χ1v) is 8.09. The van der Waals surface area contributed by atoms with Crippen molar-refractivity contribution in [3.63, 3.8) is 0 Å². The number of hydrogen-bond donors (Lipinski definition) is 1. The van der Waals surface area contributed by atoms with E-state index in [2.05, 4.69) is 10.3 Å². The average molecular weight is 345 g/mol. The summed E-state index contributed by atoms with van der Waals surface area (Å²) in [5, 5.41) is 5.89. The van der Waals surface area contributed by atoms with Gasteiger partial charge in [-0.2, -0.15) is 0 Å². The van der Waals surface area contributed by atoms with Crippen LogP contribution in [0.1, 0.15) is 10.4 Å². The highest BCUT2D eigenvalue weighted by molar-refractivity contribution is 7.14. The van der Waals surface area contributed by atoms with Crippen LogP contribution in [0.4, 0.5) is 5.13 Å². The lowest BCUT2D eigenvalue weighted by molar-refractivity contribution is 0.102. The number of hydrogen-bond acceptors (Lipinski definition) is 4. The van der Waals surface area contributed by atoms with Gasteiger partial charge in [0, 0.05) is 16.0 Å². The molecule has 1 heterocycles. The van der Waals surface area contributed by atoms with Crippen LogP contribution < -0.4 is 10.1 Å². The van der Waals surface area contributed by atoms with Crippen molar-refractivity contribution in [2.45, 2.75) is 0 Å². The summed E-state index contributed by atoms with van der Waals surface area (Å²) in [7, 11) is 1.54. The summed E-state index contributed by atoms with van der Waals surface area (Å²) < 4.78 is 5.20. The van der Waals surface area contributed by atoms with Crippen LogP contribution in [0, 0.1) is 0 Å². The lowest BCUT2D eigenvalue weighted by atomic mass is 10.2. The number of nitrogens with one attached hydrogen (secondary N) is 1. The van der Waals surface area contributed by atoms with E-state index in [9.17, 15) is 4.79 Å². The van der Waals surface area contributed by atoms with Crippen LogP contribution in [-0.2, 0) is 0 Å². The maximum absolute atomic E-state index is 12.3. The number of halogens is 1. The number of rotatable bonds is 4. The van der Waals surface area contributed by atoms with Gasteiger partial charge in [0.1, 0.15) is 5.75 Å². The Balaban J connectivity index is 1.79. The van der Waals surface area contributed by atoms with E-state index in [0.717, 1.165) is 11.3 Å². The molecule has 0 aliphatic carbocycles. The summed E-state index contributed by atoms with van der Waals surface area (Å²) in [6, 6.07) is 14.5.